The highest BCUT2D eigenvalue weighted by molar-refractivity contribution is 7.87. The summed E-state index contributed by atoms with van der Waals surface area (Å²) in [6.45, 7) is 3.89. The van der Waals surface area contributed by atoms with Gasteiger partial charge in [-0.15, -0.1) is 0 Å². The molecule has 112 valence electrons. The highest BCUT2D eigenvalue weighted by Crippen LogP contribution is 2.41. The van der Waals surface area contributed by atoms with Crippen LogP contribution in [0.1, 0.15) is 19.8 Å². The van der Waals surface area contributed by atoms with Gasteiger partial charge in [0.2, 0.25) is 0 Å². The van der Waals surface area contributed by atoms with Gasteiger partial charge in [-0.2, -0.15) is 26.0 Å². The predicted molar refractivity (Wildman–Crippen MR) is 56.4 cm³/mol. The van der Waals surface area contributed by atoms with E-state index in [1.807, 2.05) is 0 Å². The van der Waals surface area contributed by atoms with Crippen LogP contribution in [0, 0.1) is 0 Å². The van der Waals surface area contributed by atoms with E-state index in [2.05, 4.69) is 11.3 Å². The number of carbonyl (C=O) groups excluding carboxylic acids is 1. The number of halogens is 4. The molecule has 1 N–H and O–H groups in total. The summed E-state index contributed by atoms with van der Waals surface area (Å²) >= 11 is 0. The van der Waals surface area contributed by atoms with Gasteiger partial charge in [-0.1, -0.05) is 6.58 Å². The van der Waals surface area contributed by atoms with Crippen LogP contribution in [0.5, 0.6) is 0 Å². The first-order valence-electron chi connectivity index (χ1n) is 4.88. The van der Waals surface area contributed by atoms with Crippen LogP contribution in [-0.2, 0) is 19.6 Å². The first-order chi connectivity index (χ1) is 8.33. The zero-order valence-corrected chi connectivity index (χ0v) is 10.6. The molecule has 0 unspecified atom stereocenters. The molecule has 0 aromatic rings. The third kappa shape index (κ3) is 4.46. The summed E-state index contributed by atoms with van der Waals surface area (Å²) in [5, 5.41) is -5.60. The molecule has 0 atom stereocenters. The standard InChI is InChI=1S/C9H12F4O5S/c1-6(2)7(14)18-5-3-4-8(10,11)9(12,13)19(15,16)17/h1,3-5H2,2H3,(H,15,16,17). The largest absolute Gasteiger partial charge is 0.462 e. The average Bonchev–Trinajstić information content (AvgIpc) is 2.21. The van der Waals surface area contributed by atoms with Gasteiger partial charge in [-0.3, -0.25) is 4.55 Å². The molecule has 0 spiro atoms. The molecule has 0 aliphatic carbocycles. The van der Waals surface area contributed by atoms with Crippen molar-refractivity contribution in [3.05, 3.63) is 12.2 Å². The minimum absolute atomic E-state index is 0.00461. The number of rotatable bonds is 7. The number of ether oxygens (including phenoxy) is 1. The molecule has 0 heterocycles. The van der Waals surface area contributed by atoms with Crippen molar-refractivity contribution in [2.45, 2.75) is 30.9 Å². The fraction of sp³-hybridized carbons (Fsp3) is 0.667. The van der Waals surface area contributed by atoms with E-state index in [0.29, 0.717) is 0 Å². The van der Waals surface area contributed by atoms with Gasteiger partial charge in [0, 0.05) is 12.0 Å². The Labute approximate surface area is 107 Å². The van der Waals surface area contributed by atoms with Crippen LogP contribution >= 0.6 is 0 Å². The highest BCUT2D eigenvalue weighted by Gasteiger charge is 2.64. The molecule has 0 saturated heterocycles. The molecule has 0 aromatic heterocycles. The van der Waals surface area contributed by atoms with Crippen LogP contribution in [0.25, 0.3) is 0 Å². The van der Waals surface area contributed by atoms with Crippen molar-refractivity contribution in [3.63, 3.8) is 0 Å². The van der Waals surface area contributed by atoms with Crippen molar-refractivity contribution in [3.8, 4) is 0 Å². The van der Waals surface area contributed by atoms with Gasteiger partial charge in [-0.05, 0) is 13.3 Å². The van der Waals surface area contributed by atoms with E-state index < -0.39 is 46.7 Å². The zero-order chi connectivity index (χ0) is 15.5. The molecule has 0 aliphatic heterocycles. The van der Waals surface area contributed by atoms with E-state index in [4.69, 9.17) is 4.55 Å². The number of esters is 1. The van der Waals surface area contributed by atoms with Crippen molar-refractivity contribution >= 4 is 16.1 Å². The Morgan fingerprint density at radius 3 is 2.16 bits per heavy atom. The van der Waals surface area contributed by atoms with Gasteiger partial charge in [-0.25, -0.2) is 4.79 Å². The van der Waals surface area contributed by atoms with Crippen LogP contribution in [0.15, 0.2) is 12.2 Å². The van der Waals surface area contributed by atoms with Crippen molar-refractivity contribution in [2.75, 3.05) is 6.61 Å². The smallest absolute Gasteiger partial charge is 0.431 e. The van der Waals surface area contributed by atoms with Gasteiger partial charge in [0.05, 0.1) is 6.61 Å². The predicted octanol–water partition coefficient (Wildman–Crippen LogP) is 2.00. The van der Waals surface area contributed by atoms with E-state index in [1.54, 1.807) is 0 Å². The van der Waals surface area contributed by atoms with Gasteiger partial charge >= 0.3 is 27.3 Å². The Balaban J connectivity index is 4.49. The molecule has 0 bridgehead atoms. The van der Waals surface area contributed by atoms with E-state index >= 15 is 0 Å². The number of carbonyl (C=O) groups is 1. The molecule has 10 heteroatoms. The van der Waals surface area contributed by atoms with Crippen LogP contribution < -0.4 is 0 Å². The molecular formula is C9H12F4O5S. The van der Waals surface area contributed by atoms with E-state index in [-0.39, 0.29) is 5.57 Å². The third-order valence-electron chi connectivity index (χ3n) is 1.97. The Kier molecular flexibility index (Phi) is 5.51. The van der Waals surface area contributed by atoms with E-state index in [1.165, 1.54) is 6.92 Å². The summed E-state index contributed by atoms with van der Waals surface area (Å²) < 4.78 is 84.0. The first-order valence-corrected chi connectivity index (χ1v) is 6.32. The average molecular weight is 308 g/mol. The minimum Gasteiger partial charge on any atom is -0.462 e. The lowest BCUT2D eigenvalue weighted by molar-refractivity contribution is -0.167. The zero-order valence-electron chi connectivity index (χ0n) is 9.83. The van der Waals surface area contributed by atoms with E-state index in [9.17, 15) is 30.8 Å². The maximum atomic E-state index is 12.9. The molecule has 0 fully saturated rings. The molecular weight excluding hydrogens is 296 g/mol. The Bertz CT molecular complexity index is 457. The summed E-state index contributed by atoms with van der Waals surface area (Å²) in [5.41, 5.74) is -0.00461. The lowest BCUT2D eigenvalue weighted by Gasteiger charge is -2.23. The van der Waals surface area contributed by atoms with Crippen molar-refractivity contribution in [1.82, 2.24) is 0 Å². The van der Waals surface area contributed by atoms with Gasteiger partial charge in [0.15, 0.2) is 0 Å². The SMILES string of the molecule is C=C(C)C(=O)OCCCC(F)(F)C(F)(F)S(=O)(=O)O. The quantitative estimate of drug-likeness (QED) is 0.256. The fourth-order valence-electron chi connectivity index (χ4n) is 0.916. The second-order valence-corrected chi connectivity index (χ2v) is 5.18. The molecule has 0 saturated carbocycles. The Morgan fingerprint density at radius 1 is 1.32 bits per heavy atom. The molecule has 0 aliphatic rings. The molecule has 0 aromatic carbocycles. The topological polar surface area (TPSA) is 80.7 Å². The van der Waals surface area contributed by atoms with Crippen molar-refractivity contribution in [1.29, 1.82) is 0 Å². The van der Waals surface area contributed by atoms with Crippen LogP contribution in [0.2, 0.25) is 0 Å². The third-order valence-corrected chi connectivity index (χ3v) is 2.91. The van der Waals surface area contributed by atoms with Crippen LogP contribution in [-0.4, -0.2) is 36.7 Å². The number of alkyl halides is 4. The van der Waals surface area contributed by atoms with Crippen LogP contribution in [0.3, 0.4) is 0 Å². The van der Waals surface area contributed by atoms with Crippen molar-refractivity contribution < 1.29 is 40.1 Å². The summed E-state index contributed by atoms with van der Waals surface area (Å²) in [6.07, 6.45) is -2.29. The number of hydrogen-bond donors (Lipinski definition) is 1. The molecule has 0 rings (SSSR count). The fourth-order valence-corrected chi connectivity index (χ4v) is 1.40. The van der Waals surface area contributed by atoms with E-state index in [0.717, 1.165) is 0 Å². The van der Waals surface area contributed by atoms with Crippen LogP contribution in [0.4, 0.5) is 17.6 Å². The summed E-state index contributed by atoms with van der Waals surface area (Å²) in [5.74, 6) is -5.86. The minimum atomic E-state index is -6.23. The maximum Gasteiger partial charge on any atom is 0.431 e. The normalized spacial score (nSPS) is 13.2. The lowest BCUT2D eigenvalue weighted by Crippen LogP contribution is -2.46. The second kappa shape index (κ2) is 5.87. The highest BCUT2D eigenvalue weighted by atomic mass is 32.2. The van der Waals surface area contributed by atoms with Gasteiger partial charge in [0.25, 0.3) is 0 Å². The van der Waals surface area contributed by atoms with Crippen molar-refractivity contribution in [2.24, 2.45) is 0 Å². The number of hydrogen-bond acceptors (Lipinski definition) is 4. The lowest BCUT2D eigenvalue weighted by atomic mass is 10.2. The molecule has 19 heavy (non-hydrogen) atoms. The van der Waals surface area contributed by atoms with Gasteiger partial charge < -0.3 is 4.74 Å². The Hall–Kier alpha value is -1.16. The molecule has 0 radical (unpaired) electrons. The summed E-state index contributed by atoms with van der Waals surface area (Å²) in [4.78, 5) is 10.8. The second-order valence-electron chi connectivity index (χ2n) is 3.72. The van der Waals surface area contributed by atoms with Gasteiger partial charge in [0.1, 0.15) is 0 Å². The Morgan fingerprint density at radius 2 is 1.79 bits per heavy atom. The summed E-state index contributed by atoms with van der Waals surface area (Å²) in [7, 11) is -6.23. The maximum absolute atomic E-state index is 12.9. The monoisotopic (exact) mass is 308 g/mol. The first kappa shape index (κ1) is 17.8. The molecule has 0 amide bonds. The summed E-state index contributed by atoms with van der Waals surface area (Å²) in [6, 6.07) is 0. The molecule has 5 nitrogen and oxygen atoms in total.